The van der Waals surface area contributed by atoms with Crippen LogP contribution in [0.15, 0.2) is 27.7 Å². The van der Waals surface area contributed by atoms with Gasteiger partial charge in [0.1, 0.15) is 11.4 Å². The lowest BCUT2D eigenvalue weighted by atomic mass is 9.87. The molecule has 2 atom stereocenters. The summed E-state index contributed by atoms with van der Waals surface area (Å²) < 4.78 is 7.32. The van der Waals surface area contributed by atoms with Crippen molar-refractivity contribution in [1.82, 2.24) is 0 Å². The van der Waals surface area contributed by atoms with Crippen LogP contribution < -0.4 is 4.74 Å². The van der Waals surface area contributed by atoms with Gasteiger partial charge < -0.3 is 4.74 Å². The molecule has 0 aromatic heterocycles. The van der Waals surface area contributed by atoms with Crippen LogP contribution in [0, 0.1) is 17.4 Å². The molecule has 1 spiro atoms. The van der Waals surface area contributed by atoms with Crippen molar-refractivity contribution < 1.29 is 4.74 Å². The lowest BCUT2D eigenvalue weighted by Crippen LogP contribution is -2.40. The Morgan fingerprint density at radius 3 is 3.10 bits per heavy atom. The van der Waals surface area contributed by atoms with Crippen LogP contribution in [-0.2, 0) is 0 Å². The summed E-state index contributed by atoms with van der Waals surface area (Å²) in [5.41, 5.74) is 1.68. The lowest BCUT2D eigenvalue weighted by Gasteiger charge is -2.36. The lowest BCUT2D eigenvalue weighted by molar-refractivity contribution is 0.0733. The van der Waals surface area contributed by atoms with E-state index in [1.165, 1.54) is 12.8 Å². The van der Waals surface area contributed by atoms with Gasteiger partial charge in [-0.15, -0.1) is 0 Å². The third kappa shape index (κ3) is 2.35. The van der Waals surface area contributed by atoms with E-state index in [1.807, 2.05) is 24.4 Å². The van der Waals surface area contributed by atoms with Gasteiger partial charge in [0, 0.05) is 16.5 Å². The molecule has 1 aromatic carbocycles. The van der Waals surface area contributed by atoms with Crippen molar-refractivity contribution >= 4 is 21.6 Å². The minimum atomic E-state index is -0.142. The van der Waals surface area contributed by atoms with Crippen LogP contribution in [0.1, 0.15) is 44.6 Å². The first-order valence-electron chi connectivity index (χ1n) is 7.10. The fraction of sp³-hybridized carbons (Fsp3) is 0.500. The van der Waals surface area contributed by atoms with E-state index in [0.717, 1.165) is 46.7 Å². The fourth-order valence-corrected chi connectivity index (χ4v) is 3.81. The predicted octanol–water partition coefficient (Wildman–Crippen LogP) is 4.45. The standard InChI is InChI=1S/C16H17BrN2O/c1-2-11-5-6-16(8-11)9-14(19-10-18)13-7-12(17)3-4-15(13)20-16/h3-4,7,11H,2,5-6,8-9H2,1H3/b19-14+. The molecule has 0 amide bonds. The first kappa shape index (κ1) is 13.6. The molecular weight excluding hydrogens is 316 g/mol. The van der Waals surface area contributed by atoms with Gasteiger partial charge in [0.05, 0.1) is 5.71 Å². The molecule has 104 valence electrons. The summed E-state index contributed by atoms with van der Waals surface area (Å²) in [6.07, 6.45) is 7.24. The summed E-state index contributed by atoms with van der Waals surface area (Å²) >= 11 is 3.47. The van der Waals surface area contributed by atoms with Crippen molar-refractivity contribution in [2.24, 2.45) is 10.9 Å². The Labute approximate surface area is 127 Å². The molecule has 0 saturated heterocycles. The zero-order valence-electron chi connectivity index (χ0n) is 11.5. The molecule has 0 bridgehead atoms. The fourth-order valence-electron chi connectivity index (χ4n) is 3.45. The summed E-state index contributed by atoms with van der Waals surface area (Å²) in [7, 11) is 0. The predicted molar refractivity (Wildman–Crippen MR) is 81.9 cm³/mol. The van der Waals surface area contributed by atoms with E-state index in [-0.39, 0.29) is 5.60 Å². The number of nitrogens with zero attached hydrogens (tertiary/aromatic N) is 2. The number of benzene rings is 1. The number of nitriles is 1. The molecule has 4 heteroatoms. The second kappa shape index (κ2) is 5.21. The van der Waals surface area contributed by atoms with E-state index < -0.39 is 0 Å². The molecule has 1 saturated carbocycles. The summed E-state index contributed by atoms with van der Waals surface area (Å²) in [6, 6.07) is 5.95. The Bertz CT molecular complexity index is 605. The number of ether oxygens (including phenoxy) is 1. The molecule has 0 radical (unpaired) electrons. The van der Waals surface area contributed by atoms with E-state index in [2.05, 4.69) is 27.8 Å². The average molecular weight is 333 g/mol. The Kier molecular flexibility index (Phi) is 3.55. The maximum absolute atomic E-state index is 8.95. The first-order valence-corrected chi connectivity index (χ1v) is 7.90. The molecule has 3 rings (SSSR count). The molecular formula is C16H17BrN2O. The minimum Gasteiger partial charge on any atom is -0.486 e. The highest BCUT2D eigenvalue weighted by Gasteiger charge is 2.45. The number of fused-ring (bicyclic) bond motifs is 1. The zero-order chi connectivity index (χ0) is 14.2. The quantitative estimate of drug-likeness (QED) is 0.713. The maximum Gasteiger partial charge on any atom is 0.205 e. The highest BCUT2D eigenvalue weighted by molar-refractivity contribution is 9.10. The number of aliphatic imine (C=N–C) groups is 1. The van der Waals surface area contributed by atoms with Gasteiger partial charge in [-0.1, -0.05) is 29.3 Å². The van der Waals surface area contributed by atoms with Crippen LogP contribution in [0.5, 0.6) is 5.75 Å². The van der Waals surface area contributed by atoms with Crippen molar-refractivity contribution in [3.8, 4) is 11.9 Å². The maximum atomic E-state index is 8.95. The Hall–Kier alpha value is -1.34. The molecule has 20 heavy (non-hydrogen) atoms. The Balaban J connectivity index is 2.00. The van der Waals surface area contributed by atoms with Crippen LogP contribution in [0.25, 0.3) is 0 Å². The van der Waals surface area contributed by atoms with Crippen LogP contribution in [0.4, 0.5) is 0 Å². The Morgan fingerprint density at radius 2 is 2.40 bits per heavy atom. The largest absolute Gasteiger partial charge is 0.486 e. The second-order valence-corrected chi connectivity index (χ2v) is 6.69. The van der Waals surface area contributed by atoms with Crippen LogP contribution in [-0.4, -0.2) is 11.3 Å². The summed E-state index contributed by atoms with van der Waals surface area (Å²) in [5.74, 6) is 1.60. The summed E-state index contributed by atoms with van der Waals surface area (Å²) in [4.78, 5) is 4.06. The minimum absolute atomic E-state index is 0.142. The van der Waals surface area contributed by atoms with Gasteiger partial charge >= 0.3 is 0 Å². The van der Waals surface area contributed by atoms with Gasteiger partial charge in [0.25, 0.3) is 0 Å². The smallest absolute Gasteiger partial charge is 0.205 e. The topological polar surface area (TPSA) is 45.4 Å². The second-order valence-electron chi connectivity index (χ2n) is 5.78. The van der Waals surface area contributed by atoms with Gasteiger partial charge in [0.15, 0.2) is 0 Å². The van der Waals surface area contributed by atoms with Gasteiger partial charge in [-0.3, -0.25) is 0 Å². The first-order chi connectivity index (χ1) is 9.65. The molecule has 2 unspecified atom stereocenters. The SMILES string of the molecule is CCC1CCC2(C/C(=N\C#N)c3cc(Br)ccc3O2)C1. The highest BCUT2D eigenvalue weighted by Crippen LogP contribution is 2.46. The number of rotatable bonds is 1. The van der Waals surface area contributed by atoms with Gasteiger partial charge in [-0.05, 0) is 43.4 Å². The molecule has 3 nitrogen and oxygen atoms in total. The molecule has 0 N–H and O–H groups in total. The van der Waals surface area contributed by atoms with E-state index in [1.54, 1.807) is 0 Å². The van der Waals surface area contributed by atoms with E-state index in [0.29, 0.717) is 0 Å². The number of hydrogen-bond acceptors (Lipinski definition) is 3. The van der Waals surface area contributed by atoms with Crippen LogP contribution in [0.2, 0.25) is 0 Å². The Morgan fingerprint density at radius 1 is 1.55 bits per heavy atom. The molecule has 1 aliphatic heterocycles. The van der Waals surface area contributed by atoms with Gasteiger partial charge in [0.2, 0.25) is 6.19 Å². The highest BCUT2D eigenvalue weighted by atomic mass is 79.9. The van der Waals surface area contributed by atoms with E-state index >= 15 is 0 Å². The van der Waals surface area contributed by atoms with E-state index in [4.69, 9.17) is 10.00 Å². The monoisotopic (exact) mass is 332 g/mol. The third-order valence-electron chi connectivity index (χ3n) is 4.50. The molecule has 1 aromatic rings. The number of halogens is 1. The zero-order valence-corrected chi connectivity index (χ0v) is 13.1. The van der Waals surface area contributed by atoms with Crippen molar-refractivity contribution in [1.29, 1.82) is 5.26 Å². The molecule has 2 aliphatic rings. The van der Waals surface area contributed by atoms with Crippen LogP contribution >= 0.6 is 15.9 Å². The molecule has 1 heterocycles. The molecule has 1 fully saturated rings. The van der Waals surface area contributed by atoms with Gasteiger partial charge in [-0.25, -0.2) is 0 Å². The average Bonchev–Trinajstić information content (AvgIpc) is 2.83. The van der Waals surface area contributed by atoms with Gasteiger partial charge in [-0.2, -0.15) is 10.3 Å². The third-order valence-corrected chi connectivity index (χ3v) is 4.99. The van der Waals surface area contributed by atoms with Crippen molar-refractivity contribution in [2.75, 3.05) is 0 Å². The van der Waals surface area contributed by atoms with Crippen LogP contribution in [0.3, 0.4) is 0 Å². The van der Waals surface area contributed by atoms with Crippen molar-refractivity contribution in [3.63, 3.8) is 0 Å². The normalized spacial score (nSPS) is 30.1. The van der Waals surface area contributed by atoms with Crippen molar-refractivity contribution in [3.05, 3.63) is 28.2 Å². The summed E-state index contributed by atoms with van der Waals surface area (Å²) in [6.45, 7) is 2.24. The van der Waals surface area contributed by atoms with E-state index in [9.17, 15) is 0 Å². The van der Waals surface area contributed by atoms with Crippen molar-refractivity contribution in [2.45, 2.75) is 44.6 Å². The molecule has 1 aliphatic carbocycles. The summed E-state index contributed by atoms with van der Waals surface area (Å²) in [5, 5.41) is 8.95. The number of hydrogen-bond donors (Lipinski definition) is 0.